The van der Waals surface area contributed by atoms with Crippen LogP contribution < -0.4 is 10.2 Å². The summed E-state index contributed by atoms with van der Waals surface area (Å²) >= 11 is 0. The molecule has 29 heavy (non-hydrogen) atoms. The number of anilines is 2. The lowest BCUT2D eigenvalue weighted by Gasteiger charge is -2.12. The van der Waals surface area contributed by atoms with E-state index in [0.29, 0.717) is 36.1 Å². The molecular weight excluding hydrogens is 382 g/mol. The first-order valence-corrected chi connectivity index (χ1v) is 9.06. The third kappa shape index (κ3) is 3.53. The summed E-state index contributed by atoms with van der Waals surface area (Å²) in [6.07, 6.45) is 2.63. The van der Waals surface area contributed by atoms with Crippen LogP contribution in [-0.4, -0.2) is 38.1 Å². The van der Waals surface area contributed by atoms with Crippen LogP contribution in [0.2, 0.25) is 0 Å². The summed E-state index contributed by atoms with van der Waals surface area (Å²) in [5.41, 5.74) is 0.0936. The van der Waals surface area contributed by atoms with Crippen molar-refractivity contribution in [2.45, 2.75) is 32.6 Å². The molecule has 1 aliphatic rings. The molecule has 3 aromatic heterocycles. The fourth-order valence-electron chi connectivity index (χ4n) is 3.28. The minimum Gasteiger partial charge on any atom is -0.311 e. The number of amides is 2. The Morgan fingerprint density at radius 3 is 2.76 bits per heavy atom. The fourth-order valence-corrected chi connectivity index (χ4v) is 3.28. The van der Waals surface area contributed by atoms with Crippen LogP contribution >= 0.6 is 0 Å². The van der Waals surface area contributed by atoms with Gasteiger partial charge in [0.1, 0.15) is 11.5 Å². The van der Waals surface area contributed by atoms with E-state index in [1.165, 1.54) is 29.9 Å². The second kappa shape index (κ2) is 6.87. The highest BCUT2D eigenvalue weighted by molar-refractivity contribution is 6.03. The number of alkyl halides is 2. The van der Waals surface area contributed by atoms with Crippen LogP contribution in [-0.2, 0) is 15.5 Å². The van der Waals surface area contributed by atoms with Crippen LogP contribution in [0.5, 0.6) is 0 Å². The van der Waals surface area contributed by atoms with Crippen molar-refractivity contribution in [3.05, 3.63) is 36.2 Å². The number of halogens is 2. The van der Waals surface area contributed by atoms with Crippen LogP contribution in [0.3, 0.4) is 0 Å². The number of aromatic nitrogens is 4. The van der Waals surface area contributed by atoms with Gasteiger partial charge in [0, 0.05) is 39.1 Å². The van der Waals surface area contributed by atoms with E-state index in [4.69, 9.17) is 0 Å². The van der Waals surface area contributed by atoms with Crippen LogP contribution in [0.1, 0.15) is 32.4 Å². The van der Waals surface area contributed by atoms with E-state index in [9.17, 15) is 18.4 Å². The Morgan fingerprint density at radius 2 is 2.10 bits per heavy atom. The van der Waals surface area contributed by atoms with Crippen molar-refractivity contribution >= 4 is 34.4 Å². The van der Waals surface area contributed by atoms with E-state index < -0.39 is 11.6 Å². The first kappa shape index (κ1) is 18.9. The lowest BCUT2D eigenvalue weighted by atomic mass is 10.2. The number of hydrogen-bond donors (Lipinski definition) is 1. The Balaban J connectivity index is 1.92. The molecule has 2 amide bonds. The standard InChI is InChI=1S/C19H18F2N6O2/c1-11(28)23-15-9-13-12(10-22-15)18(26-8-4-7-17(26)29)25-27(13)16-6-3-5-14(24-16)19(2,20)21/h3,5-6,9-10H,4,7-8H2,1-2H3,(H,22,23,28). The van der Waals surface area contributed by atoms with Crippen LogP contribution in [0.15, 0.2) is 30.5 Å². The van der Waals surface area contributed by atoms with Gasteiger partial charge in [0.2, 0.25) is 11.8 Å². The molecular formula is C19H18F2N6O2. The topological polar surface area (TPSA) is 93.0 Å². The molecule has 0 spiro atoms. The highest BCUT2D eigenvalue weighted by Crippen LogP contribution is 2.32. The lowest BCUT2D eigenvalue weighted by molar-refractivity contribution is -0.117. The summed E-state index contributed by atoms with van der Waals surface area (Å²) in [6.45, 7) is 2.64. The monoisotopic (exact) mass is 400 g/mol. The predicted molar refractivity (Wildman–Crippen MR) is 102 cm³/mol. The van der Waals surface area contributed by atoms with Gasteiger partial charge < -0.3 is 5.32 Å². The van der Waals surface area contributed by atoms with Crippen molar-refractivity contribution in [1.29, 1.82) is 0 Å². The van der Waals surface area contributed by atoms with Crippen molar-refractivity contribution in [2.75, 3.05) is 16.8 Å². The molecule has 0 aliphatic carbocycles. The summed E-state index contributed by atoms with van der Waals surface area (Å²) in [7, 11) is 0. The van der Waals surface area contributed by atoms with Crippen molar-refractivity contribution in [3.63, 3.8) is 0 Å². The molecule has 10 heteroatoms. The van der Waals surface area contributed by atoms with E-state index in [1.807, 2.05) is 0 Å². The normalized spacial score (nSPS) is 14.6. The summed E-state index contributed by atoms with van der Waals surface area (Å²) in [5.74, 6) is -2.64. The number of carbonyl (C=O) groups excluding carboxylic acids is 2. The minimum atomic E-state index is -3.12. The lowest BCUT2D eigenvalue weighted by Crippen LogP contribution is -2.24. The molecule has 4 heterocycles. The molecule has 1 saturated heterocycles. The molecule has 0 saturated carbocycles. The first-order chi connectivity index (χ1) is 13.7. The van der Waals surface area contributed by atoms with Crippen molar-refractivity contribution in [3.8, 4) is 5.82 Å². The van der Waals surface area contributed by atoms with E-state index in [1.54, 1.807) is 17.0 Å². The van der Waals surface area contributed by atoms with Crippen molar-refractivity contribution in [2.24, 2.45) is 0 Å². The van der Waals surface area contributed by atoms with E-state index in [0.717, 1.165) is 6.92 Å². The average molecular weight is 400 g/mol. The zero-order chi connectivity index (χ0) is 20.8. The molecule has 8 nitrogen and oxygen atoms in total. The summed E-state index contributed by atoms with van der Waals surface area (Å²) < 4.78 is 28.9. The summed E-state index contributed by atoms with van der Waals surface area (Å²) in [5, 5.41) is 7.64. The zero-order valence-electron chi connectivity index (χ0n) is 15.8. The molecule has 0 unspecified atom stereocenters. The average Bonchev–Trinajstić information content (AvgIpc) is 3.23. The van der Waals surface area contributed by atoms with Gasteiger partial charge in [-0.3, -0.25) is 14.5 Å². The minimum absolute atomic E-state index is 0.0655. The third-order valence-corrected chi connectivity index (χ3v) is 4.58. The molecule has 1 fully saturated rings. The van der Waals surface area contributed by atoms with Gasteiger partial charge in [-0.15, -0.1) is 5.10 Å². The van der Waals surface area contributed by atoms with Crippen LogP contribution in [0.25, 0.3) is 16.7 Å². The Labute approximate surface area is 164 Å². The first-order valence-electron chi connectivity index (χ1n) is 9.06. The zero-order valence-corrected chi connectivity index (χ0v) is 15.8. The molecule has 150 valence electrons. The second-order valence-electron chi connectivity index (χ2n) is 6.92. The highest BCUT2D eigenvalue weighted by atomic mass is 19.3. The Bertz CT molecular complexity index is 1120. The summed E-state index contributed by atoms with van der Waals surface area (Å²) in [6, 6.07) is 5.84. The molecule has 3 aromatic rings. The fraction of sp³-hybridized carbons (Fsp3) is 0.316. The maximum atomic E-state index is 13.8. The van der Waals surface area contributed by atoms with Gasteiger partial charge in [-0.1, -0.05) is 6.07 Å². The number of nitrogens with zero attached hydrogens (tertiary/aromatic N) is 5. The number of rotatable bonds is 4. The Kier molecular flexibility index (Phi) is 4.48. The number of carbonyl (C=O) groups is 2. The molecule has 1 aliphatic heterocycles. The summed E-state index contributed by atoms with van der Waals surface area (Å²) in [4.78, 5) is 33.5. The van der Waals surface area contributed by atoms with E-state index in [2.05, 4.69) is 20.4 Å². The highest BCUT2D eigenvalue weighted by Gasteiger charge is 2.29. The molecule has 4 rings (SSSR count). The van der Waals surface area contributed by atoms with Crippen molar-refractivity contribution in [1.82, 2.24) is 19.7 Å². The molecule has 0 bridgehead atoms. The smallest absolute Gasteiger partial charge is 0.287 e. The maximum absolute atomic E-state index is 13.8. The molecule has 0 radical (unpaired) electrons. The largest absolute Gasteiger partial charge is 0.311 e. The second-order valence-corrected chi connectivity index (χ2v) is 6.92. The van der Waals surface area contributed by atoms with Crippen LogP contribution in [0.4, 0.5) is 20.4 Å². The third-order valence-electron chi connectivity index (χ3n) is 4.58. The van der Waals surface area contributed by atoms with Crippen molar-refractivity contribution < 1.29 is 18.4 Å². The van der Waals surface area contributed by atoms with E-state index in [-0.39, 0.29) is 23.5 Å². The van der Waals surface area contributed by atoms with Gasteiger partial charge in [-0.25, -0.2) is 14.6 Å². The van der Waals surface area contributed by atoms with Gasteiger partial charge in [0.15, 0.2) is 11.6 Å². The molecule has 1 N–H and O–H groups in total. The van der Waals surface area contributed by atoms with Gasteiger partial charge in [-0.05, 0) is 18.6 Å². The number of nitrogens with one attached hydrogen (secondary N) is 1. The number of hydrogen-bond acceptors (Lipinski definition) is 5. The van der Waals surface area contributed by atoms with Gasteiger partial charge in [0.25, 0.3) is 5.92 Å². The number of fused-ring (bicyclic) bond motifs is 1. The van der Waals surface area contributed by atoms with Gasteiger partial charge >= 0.3 is 0 Å². The van der Waals surface area contributed by atoms with Crippen LogP contribution in [0, 0.1) is 0 Å². The SMILES string of the molecule is CC(=O)Nc1cc2c(cn1)c(N1CCCC1=O)nn2-c1cccc(C(C)(F)F)n1. The maximum Gasteiger partial charge on any atom is 0.287 e. The molecule has 0 aromatic carbocycles. The number of pyridine rings is 2. The molecule has 0 atom stereocenters. The van der Waals surface area contributed by atoms with E-state index >= 15 is 0 Å². The predicted octanol–water partition coefficient (Wildman–Crippen LogP) is 3.01. The Hall–Kier alpha value is -3.43. The Morgan fingerprint density at radius 1 is 1.31 bits per heavy atom. The van der Waals surface area contributed by atoms with Gasteiger partial charge in [-0.2, -0.15) is 8.78 Å². The van der Waals surface area contributed by atoms with Gasteiger partial charge in [0.05, 0.1) is 10.9 Å². The quantitative estimate of drug-likeness (QED) is 0.727.